The Morgan fingerprint density at radius 2 is 2.07 bits per heavy atom. The summed E-state index contributed by atoms with van der Waals surface area (Å²) in [6, 6.07) is 3.03. The van der Waals surface area contributed by atoms with Crippen molar-refractivity contribution in [1.29, 1.82) is 0 Å². The van der Waals surface area contributed by atoms with E-state index < -0.39 is 5.82 Å². The summed E-state index contributed by atoms with van der Waals surface area (Å²) in [6.45, 7) is 1.75. The number of aryl methyl sites for hydroxylation is 1. The van der Waals surface area contributed by atoms with Gasteiger partial charge in [-0.3, -0.25) is 9.78 Å². The number of nitrogens with one attached hydrogen (secondary N) is 1. The SMILES string of the molecule is Cc1ncc(F)cc1-c1nn2cccnc2c1C(=O)NC1CCC(O)CC1. The molecular formula is C19H20FN5O2. The van der Waals surface area contributed by atoms with Crippen LogP contribution in [0.5, 0.6) is 0 Å². The van der Waals surface area contributed by atoms with Gasteiger partial charge in [0.05, 0.1) is 12.3 Å². The van der Waals surface area contributed by atoms with Crippen LogP contribution in [0.4, 0.5) is 4.39 Å². The first-order chi connectivity index (χ1) is 13.0. The second-order valence-electron chi connectivity index (χ2n) is 6.88. The number of fused-ring (bicyclic) bond motifs is 1. The van der Waals surface area contributed by atoms with E-state index in [1.807, 2.05) is 0 Å². The minimum absolute atomic E-state index is 0.0147. The molecule has 0 bridgehead atoms. The van der Waals surface area contributed by atoms with Crippen LogP contribution in [0, 0.1) is 12.7 Å². The second kappa shape index (κ2) is 7.03. The lowest BCUT2D eigenvalue weighted by Crippen LogP contribution is -2.38. The van der Waals surface area contributed by atoms with Gasteiger partial charge in [-0.05, 0) is 44.7 Å². The Morgan fingerprint density at radius 1 is 1.30 bits per heavy atom. The van der Waals surface area contributed by atoms with Crippen LogP contribution >= 0.6 is 0 Å². The molecule has 1 fully saturated rings. The van der Waals surface area contributed by atoms with Gasteiger partial charge in [-0.1, -0.05) is 0 Å². The lowest BCUT2D eigenvalue weighted by Gasteiger charge is -2.26. The predicted molar refractivity (Wildman–Crippen MR) is 96.6 cm³/mol. The molecule has 1 saturated carbocycles. The second-order valence-corrected chi connectivity index (χ2v) is 6.88. The van der Waals surface area contributed by atoms with Gasteiger partial charge < -0.3 is 10.4 Å². The first kappa shape index (κ1) is 17.5. The molecule has 7 nitrogen and oxygen atoms in total. The number of aliphatic hydroxyl groups excluding tert-OH is 1. The smallest absolute Gasteiger partial charge is 0.257 e. The Kier molecular flexibility index (Phi) is 4.57. The van der Waals surface area contributed by atoms with Crippen molar-refractivity contribution in [3.05, 3.63) is 47.8 Å². The maximum Gasteiger partial charge on any atom is 0.257 e. The summed E-state index contributed by atoms with van der Waals surface area (Å²) in [5.41, 5.74) is 2.10. The summed E-state index contributed by atoms with van der Waals surface area (Å²) in [4.78, 5) is 21.4. The molecule has 0 spiro atoms. The molecule has 0 atom stereocenters. The van der Waals surface area contributed by atoms with E-state index in [4.69, 9.17) is 0 Å². The van der Waals surface area contributed by atoms with Gasteiger partial charge in [0, 0.05) is 29.7 Å². The number of amides is 1. The van der Waals surface area contributed by atoms with E-state index in [1.165, 1.54) is 10.6 Å². The Labute approximate surface area is 155 Å². The molecule has 0 unspecified atom stereocenters. The third-order valence-electron chi connectivity index (χ3n) is 4.96. The number of halogens is 1. The molecule has 3 aromatic rings. The Hall–Kier alpha value is -2.87. The van der Waals surface area contributed by atoms with E-state index in [-0.39, 0.29) is 18.1 Å². The van der Waals surface area contributed by atoms with Crippen molar-refractivity contribution in [3.63, 3.8) is 0 Å². The van der Waals surface area contributed by atoms with Crippen molar-refractivity contribution in [2.24, 2.45) is 0 Å². The maximum atomic E-state index is 13.8. The maximum absolute atomic E-state index is 13.8. The van der Waals surface area contributed by atoms with Gasteiger partial charge in [0.1, 0.15) is 17.1 Å². The fourth-order valence-corrected chi connectivity index (χ4v) is 3.51. The summed E-state index contributed by atoms with van der Waals surface area (Å²) < 4.78 is 15.3. The molecule has 1 amide bonds. The molecule has 1 aliphatic rings. The normalized spacial score (nSPS) is 20.0. The van der Waals surface area contributed by atoms with Gasteiger partial charge in [0.25, 0.3) is 5.91 Å². The van der Waals surface area contributed by atoms with Crippen molar-refractivity contribution in [3.8, 4) is 11.3 Å². The third kappa shape index (κ3) is 3.40. The molecule has 140 valence electrons. The van der Waals surface area contributed by atoms with Crippen LogP contribution in [0.2, 0.25) is 0 Å². The van der Waals surface area contributed by atoms with Crippen LogP contribution in [0.25, 0.3) is 16.9 Å². The number of carbonyl (C=O) groups excluding carboxylic acids is 1. The highest BCUT2D eigenvalue weighted by Crippen LogP contribution is 2.28. The number of aliphatic hydroxyl groups is 1. The number of aromatic nitrogens is 4. The Bertz CT molecular complexity index is 995. The number of hydrogen-bond acceptors (Lipinski definition) is 5. The Morgan fingerprint density at radius 3 is 2.85 bits per heavy atom. The van der Waals surface area contributed by atoms with Crippen molar-refractivity contribution < 1.29 is 14.3 Å². The number of nitrogens with zero attached hydrogens (tertiary/aromatic N) is 4. The predicted octanol–water partition coefficient (Wildman–Crippen LogP) is 2.27. The van der Waals surface area contributed by atoms with Gasteiger partial charge in [-0.2, -0.15) is 5.10 Å². The minimum Gasteiger partial charge on any atom is -0.393 e. The van der Waals surface area contributed by atoms with Crippen LogP contribution in [0.1, 0.15) is 41.7 Å². The molecule has 3 heterocycles. The summed E-state index contributed by atoms with van der Waals surface area (Å²) in [5.74, 6) is -0.794. The fourth-order valence-electron chi connectivity index (χ4n) is 3.51. The molecular weight excluding hydrogens is 349 g/mol. The van der Waals surface area contributed by atoms with Crippen molar-refractivity contribution >= 4 is 11.6 Å². The van der Waals surface area contributed by atoms with E-state index in [2.05, 4.69) is 20.4 Å². The zero-order valence-electron chi connectivity index (χ0n) is 14.9. The fraction of sp³-hybridized carbons (Fsp3) is 0.368. The highest BCUT2D eigenvalue weighted by atomic mass is 19.1. The van der Waals surface area contributed by atoms with E-state index in [0.29, 0.717) is 41.0 Å². The topological polar surface area (TPSA) is 92.4 Å². The molecule has 4 rings (SSSR count). The van der Waals surface area contributed by atoms with Crippen molar-refractivity contribution in [2.75, 3.05) is 0 Å². The number of rotatable bonds is 3. The molecule has 1 aliphatic carbocycles. The molecule has 3 aromatic heterocycles. The molecule has 2 N–H and O–H groups in total. The minimum atomic E-state index is -0.492. The largest absolute Gasteiger partial charge is 0.393 e. The third-order valence-corrected chi connectivity index (χ3v) is 4.96. The molecule has 0 aromatic carbocycles. The van der Waals surface area contributed by atoms with Crippen LogP contribution in [-0.2, 0) is 0 Å². The lowest BCUT2D eigenvalue weighted by molar-refractivity contribution is 0.0869. The van der Waals surface area contributed by atoms with Crippen molar-refractivity contribution in [2.45, 2.75) is 44.8 Å². The van der Waals surface area contributed by atoms with Gasteiger partial charge in [-0.25, -0.2) is 13.9 Å². The van der Waals surface area contributed by atoms with E-state index in [9.17, 15) is 14.3 Å². The van der Waals surface area contributed by atoms with Crippen LogP contribution in [0.3, 0.4) is 0 Å². The van der Waals surface area contributed by atoms with Gasteiger partial charge in [0.15, 0.2) is 5.65 Å². The van der Waals surface area contributed by atoms with E-state index in [1.54, 1.807) is 25.4 Å². The number of carbonyl (C=O) groups is 1. The van der Waals surface area contributed by atoms with Crippen LogP contribution in [0.15, 0.2) is 30.7 Å². The highest BCUT2D eigenvalue weighted by Gasteiger charge is 2.27. The number of hydrogen-bond donors (Lipinski definition) is 2. The molecule has 0 saturated heterocycles. The highest BCUT2D eigenvalue weighted by molar-refractivity contribution is 6.05. The zero-order chi connectivity index (χ0) is 19.0. The molecule has 27 heavy (non-hydrogen) atoms. The standard InChI is InChI=1S/C19H20FN5O2/c1-11-15(9-12(20)10-22-11)17-16(18-21-7-2-8-25(18)24-17)19(27)23-13-3-5-14(26)6-4-13/h2,7-10,13-14,26H,3-6H2,1H3,(H,23,27). The molecule has 8 heteroatoms. The van der Waals surface area contributed by atoms with E-state index in [0.717, 1.165) is 19.0 Å². The molecule has 0 radical (unpaired) electrons. The van der Waals surface area contributed by atoms with Crippen LogP contribution in [-0.4, -0.2) is 42.7 Å². The Balaban J connectivity index is 1.76. The van der Waals surface area contributed by atoms with Gasteiger partial charge >= 0.3 is 0 Å². The van der Waals surface area contributed by atoms with Gasteiger partial charge in [0.2, 0.25) is 0 Å². The number of pyridine rings is 1. The first-order valence-corrected chi connectivity index (χ1v) is 8.97. The van der Waals surface area contributed by atoms with Crippen molar-refractivity contribution in [1.82, 2.24) is 24.9 Å². The van der Waals surface area contributed by atoms with Gasteiger partial charge in [-0.15, -0.1) is 0 Å². The zero-order valence-corrected chi connectivity index (χ0v) is 14.9. The summed E-state index contributed by atoms with van der Waals surface area (Å²) >= 11 is 0. The lowest BCUT2D eigenvalue weighted by atomic mass is 9.93. The molecule has 0 aliphatic heterocycles. The van der Waals surface area contributed by atoms with E-state index >= 15 is 0 Å². The average Bonchev–Trinajstić information content (AvgIpc) is 3.05. The summed E-state index contributed by atoms with van der Waals surface area (Å²) in [7, 11) is 0. The summed E-state index contributed by atoms with van der Waals surface area (Å²) in [6.07, 6.45) is 6.89. The monoisotopic (exact) mass is 369 g/mol. The first-order valence-electron chi connectivity index (χ1n) is 8.97. The van der Waals surface area contributed by atoms with Crippen LogP contribution < -0.4 is 5.32 Å². The average molecular weight is 369 g/mol. The quantitative estimate of drug-likeness (QED) is 0.739. The summed E-state index contributed by atoms with van der Waals surface area (Å²) in [5, 5.41) is 17.1.